The smallest absolute Gasteiger partial charge is 0.255 e. The number of pyridine rings is 1. The number of aliphatic hydroxyl groups is 1. The van der Waals surface area contributed by atoms with Crippen molar-refractivity contribution in [2.24, 2.45) is 0 Å². The minimum atomic E-state index is -0.234. The van der Waals surface area contributed by atoms with Crippen LogP contribution in [0, 0.1) is 6.92 Å². The second-order valence-corrected chi connectivity index (χ2v) is 5.47. The fourth-order valence-corrected chi connectivity index (χ4v) is 3.30. The molecule has 1 amide bonds. The summed E-state index contributed by atoms with van der Waals surface area (Å²) < 4.78 is 0. The number of aromatic nitrogens is 1. The van der Waals surface area contributed by atoms with E-state index in [4.69, 9.17) is 0 Å². The number of rotatable bonds is 1. The van der Waals surface area contributed by atoms with E-state index in [1.54, 1.807) is 12.4 Å². The maximum Gasteiger partial charge on any atom is 0.255 e. The van der Waals surface area contributed by atoms with Gasteiger partial charge in [0, 0.05) is 24.5 Å². The third-order valence-electron chi connectivity index (χ3n) is 4.06. The van der Waals surface area contributed by atoms with Gasteiger partial charge in [-0.25, -0.2) is 0 Å². The number of hydrogen-bond acceptors (Lipinski definition) is 3. The van der Waals surface area contributed by atoms with Gasteiger partial charge in [0.05, 0.1) is 11.7 Å². The fraction of sp³-hybridized carbons (Fsp3) is 0.571. The van der Waals surface area contributed by atoms with E-state index in [0.717, 1.165) is 31.2 Å². The summed E-state index contributed by atoms with van der Waals surface area (Å²) in [6.07, 6.45) is 6.65. The molecule has 2 unspecified atom stereocenters. The van der Waals surface area contributed by atoms with Gasteiger partial charge in [-0.1, -0.05) is 0 Å². The lowest BCUT2D eigenvalue weighted by atomic mass is 9.99. The standard InChI is InChI=1S/C14H18N2O2/c1-9-4-10(8-15-7-9)14(18)16-11-2-3-12(16)6-13(17)5-11/h4,7-8,11-13,17H,2-3,5-6H2,1H3. The van der Waals surface area contributed by atoms with Crippen molar-refractivity contribution < 1.29 is 9.90 Å². The molecule has 3 rings (SSSR count). The quantitative estimate of drug-likeness (QED) is 0.817. The molecule has 18 heavy (non-hydrogen) atoms. The first kappa shape index (κ1) is 11.7. The summed E-state index contributed by atoms with van der Waals surface area (Å²) in [5, 5.41) is 9.75. The number of carbonyl (C=O) groups is 1. The Hall–Kier alpha value is -1.42. The molecular formula is C14H18N2O2. The van der Waals surface area contributed by atoms with Crippen LogP contribution >= 0.6 is 0 Å². The maximum atomic E-state index is 12.5. The summed E-state index contributed by atoms with van der Waals surface area (Å²) in [5.41, 5.74) is 1.67. The Balaban J connectivity index is 1.85. The van der Waals surface area contributed by atoms with Crippen LogP contribution in [0.3, 0.4) is 0 Å². The predicted molar refractivity (Wildman–Crippen MR) is 67.2 cm³/mol. The number of fused-ring (bicyclic) bond motifs is 2. The van der Waals surface area contributed by atoms with Crippen LogP contribution < -0.4 is 0 Å². The molecule has 2 fully saturated rings. The van der Waals surface area contributed by atoms with Gasteiger partial charge < -0.3 is 10.0 Å². The van der Waals surface area contributed by atoms with Gasteiger partial charge in [0.1, 0.15) is 0 Å². The van der Waals surface area contributed by atoms with Crippen LogP contribution in [-0.4, -0.2) is 39.1 Å². The number of nitrogens with zero attached hydrogens (tertiary/aromatic N) is 2. The molecule has 1 N–H and O–H groups in total. The van der Waals surface area contributed by atoms with E-state index in [0.29, 0.717) is 5.56 Å². The largest absolute Gasteiger partial charge is 0.393 e. The van der Waals surface area contributed by atoms with Crippen LogP contribution in [-0.2, 0) is 0 Å². The molecule has 0 radical (unpaired) electrons. The second kappa shape index (κ2) is 4.35. The molecule has 4 nitrogen and oxygen atoms in total. The highest BCUT2D eigenvalue weighted by Crippen LogP contribution is 2.36. The number of carbonyl (C=O) groups excluding carboxylic acids is 1. The SMILES string of the molecule is Cc1cncc(C(=O)N2C3CCC2CC(O)C3)c1. The van der Waals surface area contributed by atoms with Crippen LogP contribution in [0.2, 0.25) is 0 Å². The lowest BCUT2D eigenvalue weighted by Gasteiger charge is -2.37. The molecule has 1 aromatic heterocycles. The van der Waals surface area contributed by atoms with Gasteiger partial charge in [-0.2, -0.15) is 0 Å². The first-order chi connectivity index (χ1) is 8.65. The highest BCUT2D eigenvalue weighted by Gasteiger charge is 2.42. The van der Waals surface area contributed by atoms with E-state index in [1.165, 1.54) is 0 Å². The van der Waals surface area contributed by atoms with Crippen molar-refractivity contribution >= 4 is 5.91 Å². The van der Waals surface area contributed by atoms with Gasteiger partial charge >= 0.3 is 0 Å². The Labute approximate surface area is 107 Å². The van der Waals surface area contributed by atoms with Gasteiger partial charge in [-0.05, 0) is 44.2 Å². The van der Waals surface area contributed by atoms with E-state index < -0.39 is 0 Å². The number of piperidine rings is 1. The Kier molecular flexibility index (Phi) is 2.82. The molecule has 0 aliphatic carbocycles. The van der Waals surface area contributed by atoms with E-state index >= 15 is 0 Å². The molecule has 3 heterocycles. The third-order valence-corrected chi connectivity index (χ3v) is 4.06. The van der Waals surface area contributed by atoms with Crippen molar-refractivity contribution in [1.82, 2.24) is 9.88 Å². The zero-order valence-corrected chi connectivity index (χ0v) is 10.5. The number of hydrogen-bond donors (Lipinski definition) is 1. The highest BCUT2D eigenvalue weighted by molar-refractivity contribution is 5.94. The van der Waals surface area contributed by atoms with Crippen molar-refractivity contribution in [3.63, 3.8) is 0 Å². The Morgan fingerprint density at radius 3 is 2.61 bits per heavy atom. The summed E-state index contributed by atoms with van der Waals surface area (Å²) in [4.78, 5) is 18.6. The van der Waals surface area contributed by atoms with Crippen LogP contribution in [0.15, 0.2) is 18.5 Å². The zero-order valence-electron chi connectivity index (χ0n) is 10.5. The van der Waals surface area contributed by atoms with E-state index in [1.807, 2.05) is 17.9 Å². The molecule has 0 spiro atoms. The van der Waals surface area contributed by atoms with Crippen LogP contribution in [0.1, 0.15) is 41.6 Å². The van der Waals surface area contributed by atoms with Crippen molar-refractivity contribution in [2.45, 2.75) is 50.8 Å². The molecule has 0 saturated carbocycles. The second-order valence-electron chi connectivity index (χ2n) is 5.47. The first-order valence-electron chi connectivity index (χ1n) is 6.57. The minimum Gasteiger partial charge on any atom is -0.393 e. The average molecular weight is 246 g/mol. The molecule has 1 aromatic rings. The molecule has 2 aliphatic heterocycles. The number of amides is 1. The summed E-state index contributed by atoms with van der Waals surface area (Å²) in [6.45, 7) is 1.94. The van der Waals surface area contributed by atoms with Crippen molar-refractivity contribution in [3.8, 4) is 0 Å². The summed E-state index contributed by atoms with van der Waals surface area (Å²) >= 11 is 0. The topological polar surface area (TPSA) is 53.4 Å². The summed E-state index contributed by atoms with van der Waals surface area (Å²) in [5.74, 6) is 0.0746. The molecule has 2 saturated heterocycles. The van der Waals surface area contributed by atoms with Crippen molar-refractivity contribution in [1.29, 1.82) is 0 Å². The number of aryl methyl sites for hydroxylation is 1. The maximum absolute atomic E-state index is 12.5. The Morgan fingerprint density at radius 2 is 2.00 bits per heavy atom. The third kappa shape index (κ3) is 1.90. The van der Waals surface area contributed by atoms with Crippen molar-refractivity contribution in [3.05, 3.63) is 29.6 Å². The highest BCUT2D eigenvalue weighted by atomic mass is 16.3. The lowest BCUT2D eigenvalue weighted by Crippen LogP contribution is -2.48. The van der Waals surface area contributed by atoms with E-state index in [2.05, 4.69) is 4.98 Å². The monoisotopic (exact) mass is 246 g/mol. The van der Waals surface area contributed by atoms with Crippen molar-refractivity contribution in [2.75, 3.05) is 0 Å². The normalized spacial score (nSPS) is 30.6. The van der Waals surface area contributed by atoms with Gasteiger partial charge in [0.15, 0.2) is 0 Å². The molecule has 96 valence electrons. The molecule has 0 aromatic carbocycles. The van der Waals surface area contributed by atoms with Gasteiger partial charge in [0.2, 0.25) is 0 Å². The molecule has 2 aliphatic rings. The Bertz CT molecular complexity index is 461. The van der Waals surface area contributed by atoms with Crippen LogP contribution in [0.25, 0.3) is 0 Å². The molecule has 2 atom stereocenters. The molecule has 4 heteroatoms. The fourth-order valence-electron chi connectivity index (χ4n) is 3.30. The average Bonchev–Trinajstić information content (AvgIpc) is 2.61. The first-order valence-corrected chi connectivity index (χ1v) is 6.57. The predicted octanol–water partition coefficient (Wildman–Crippen LogP) is 1.52. The zero-order chi connectivity index (χ0) is 12.7. The minimum absolute atomic E-state index is 0.0746. The summed E-state index contributed by atoms with van der Waals surface area (Å²) in [7, 11) is 0. The van der Waals surface area contributed by atoms with E-state index in [9.17, 15) is 9.90 Å². The van der Waals surface area contributed by atoms with Gasteiger partial charge in [0.25, 0.3) is 5.91 Å². The van der Waals surface area contributed by atoms with Crippen LogP contribution in [0.5, 0.6) is 0 Å². The molecule has 2 bridgehead atoms. The summed E-state index contributed by atoms with van der Waals surface area (Å²) in [6, 6.07) is 2.32. The van der Waals surface area contributed by atoms with Crippen LogP contribution in [0.4, 0.5) is 0 Å². The lowest BCUT2D eigenvalue weighted by molar-refractivity contribution is 0.0286. The number of aliphatic hydroxyl groups excluding tert-OH is 1. The molecular weight excluding hydrogens is 228 g/mol. The van der Waals surface area contributed by atoms with Gasteiger partial charge in [-0.3, -0.25) is 9.78 Å². The Morgan fingerprint density at radius 1 is 1.33 bits per heavy atom. The van der Waals surface area contributed by atoms with Gasteiger partial charge in [-0.15, -0.1) is 0 Å². The van der Waals surface area contributed by atoms with E-state index in [-0.39, 0.29) is 24.1 Å².